The van der Waals surface area contributed by atoms with Crippen molar-refractivity contribution in [3.8, 4) is 0 Å². The van der Waals surface area contributed by atoms with Crippen molar-refractivity contribution >= 4 is 5.97 Å². The van der Waals surface area contributed by atoms with Gasteiger partial charge in [0.25, 0.3) is 0 Å². The first-order chi connectivity index (χ1) is 7.28. The Balaban J connectivity index is 1.76. The van der Waals surface area contributed by atoms with Crippen LogP contribution in [0.3, 0.4) is 0 Å². The predicted octanol–water partition coefficient (Wildman–Crippen LogP) is -0.310. The lowest BCUT2D eigenvalue weighted by atomic mass is 10.5. The number of ether oxygens (including phenoxy) is 1. The molecule has 1 aliphatic rings. The van der Waals surface area contributed by atoms with Gasteiger partial charge < -0.3 is 10.5 Å². The Hall–Kier alpha value is -1.43. The summed E-state index contributed by atoms with van der Waals surface area (Å²) in [6.45, 7) is 0.980. The summed E-state index contributed by atoms with van der Waals surface area (Å²) in [5, 5.41) is 7.53. The summed E-state index contributed by atoms with van der Waals surface area (Å²) in [7, 11) is 0. The van der Waals surface area contributed by atoms with Crippen molar-refractivity contribution in [2.75, 3.05) is 6.61 Å². The van der Waals surface area contributed by atoms with E-state index < -0.39 is 0 Å². The predicted molar refractivity (Wildman–Crippen MR) is 51.6 cm³/mol. The van der Waals surface area contributed by atoms with Crippen LogP contribution in [0.5, 0.6) is 0 Å². The number of nitrogens with two attached hydrogens (primary N) is 1. The van der Waals surface area contributed by atoms with Gasteiger partial charge in [0, 0.05) is 6.54 Å². The van der Waals surface area contributed by atoms with Crippen LogP contribution >= 0.6 is 0 Å². The Bertz CT molecular complexity index is 346. The van der Waals surface area contributed by atoms with Gasteiger partial charge in [-0.15, -0.1) is 5.10 Å². The van der Waals surface area contributed by atoms with Gasteiger partial charge in [-0.1, -0.05) is 5.21 Å². The minimum absolute atomic E-state index is 0.111. The molecule has 0 radical (unpaired) electrons. The molecule has 0 saturated heterocycles. The number of carbonyl (C=O) groups is 1. The van der Waals surface area contributed by atoms with Crippen LogP contribution in [0.4, 0.5) is 0 Å². The van der Waals surface area contributed by atoms with Gasteiger partial charge in [0.15, 0.2) is 0 Å². The van der Waals surface area contributed by atoms with Crippen molar-refractivity contribution < 1.29 is 9.53 Å². The number of esters is 1. The van der Waals surface area contributed by atoms with Gasteiger partial charge in [-0.25, -0.2) is 4.68 Å². The molecule has 82 valence electrons. The molecule has 1 aliphatic carbocycles. The Morgan fingerprint density at radius 2 is 2.47 bits per heavy atom. The number of aromatic nitrogens is 3. The summed E-state index contributed by atoms with van der Waals surface area (Å²) in [6, 6.07) is 0. The van der Waals surface area contributed by atoms with E-state index >= 15 is 0 Å². The van der Waals surface area contributed by atoms with E-state index in [1.165, 1.54) is 17.5 Å². The van der Waals surface area contributed by atoms with E-state index in [0.29, 0.717) is 24.8 Å². The standard InChI is InChI=1S/C9H14N4O2/c10-3-8-4-13(12-11-8)5-9(14)15-6-7-1-2-7/h4,7H,1-3,5-6,10H2. The van der Waals surface area contributed by atoms with Crippen molar-refractivity contribution in [2.45, 2.75) is 25.9 Å². The van der Waals surface area contributed by atoms with E-state index in [2.05, 4.69) is 10.3 Å². The average molecular weight is 210 g/mol. The molecule has 1 aromatic rings. The van der Waals surface area contributed by atoms with E-state index in [1.54, 1.807) is 6.20 Å². The van der Waals surface area contributed by atoms with Crippen LogP contribution in [0.1, 0.15) is 18.5 Å². The molecule has 2 N–H and O–H groups in total. The molecule has 1 saturated carbocycles. The Kier molecular flexibility index (Phi) is 2.96. The van der Waals surface area contributed by atoms with Crippen molar-refractivity contribution in [1.29, 1.82) is 0 Å². The maximum atomic E-state index is 11.3. The van der Waals surface area contributed by atoms with E-state index in [4.69, 9.17) is 10.5 Å². The SMILES string of the molecule is NCc1cn(CC(=O)OCC2CC2)nn1. The van der Waals surface area contributed by atoms with E-state index in [1.807, 2.05) is 0 Å². The molecule has 0 atom stereocenters. The highest BCUT2D eigenvalue weighted by molar-refractivity contribution is 5.69. The summed E-state index contributed by atoms with van der Waals surface area (Å²) in [5.74, 6) is 0.319. The van der Waals surface area contributed by atoms with Gasteiger partial charge in [0.2, 0.25) is 0 Å². The number of hydrogen-bond acceptors (Lipinski definition) is 5. The quantitative estimate of drug-likeness (QED) is 0.674. The fraction of sp³-hybridized carbons (Fsp3) is 0.667. The second-order valence-corrected chi connectivity index (χ2v) is 3.74. The molecular weight excluding hydrogens is 196 g/mol. The minimum atomic E-state index is -0.268. The molecule has 6 nitrogen and oxygen atoms in total. The van der Waals surface area contributed by atoms with Gasteiger partial charge in [-0.2, -0.15) is 0 Å². The molecule has 1 aromatic heterocycles. The van der Waals surface area contributed by atoms with Gasteiger partial charge >= 0.3 is 5.97 Å². The highest BCUT2D eigenvalue weighted by atomic mass is 16.5. The second kappa shape index (κ2) is 4.39. The van der Waals surface area contributed by atoms with Gasteiger partial charge in [0.1, 0.15) is 6.54 Å². The monoisotopic (exact) mass is 210 g/mol. The molecule has 1 heterocycles. The summed E-state index contributed by atoms with van der Waals surface area (Å²) >= 11 is 0. The zero-order valence-corrected chi connectivity index (χ0v) is 8.43. The first-order valence-electron chi connectivity index (χ1n) is 5.02. The van der Waals surface area contributed by atoms with Crippen LogP contribution in [0, 0.1) is 5.92 Å². The summed E-state index contributed by atoms with van der Waals surface area (Å²) in [6.07, 6.45) is 4.00. The molecule has 0 spiro atoms. The highest BCUT2D eigenvalue weighted by Gasteiger charge is 2.23. The summed E-state index contributed by atoms with van der Waals surface area (Å²) in [5.41, 5.74) is 6.04. The smallest absolute Gasteiger partial charge is 0.327 e. The molecule has 15 heavy (non-hydrogen) atoms. The lowest BCUT2D eigenvalue weighted by Crippen LogP contribution is -2.15. The summed E-state index contributed by atoms with van der Waals surface area (Å²) in [4.78, 5) is 11.3. The normalized spacial score (nSPS) is 15.3. The summed E-state index contributed by atoms with van der Waals surface area (Å²) < 4.78 is 6.50. The Labute approximate surface area is 87.4 Å². The minimum Gasteiger partial charge on any atom is -0.464 e. The third-order valence-corrected chi connectivity index (χ3v) is 2.26. The van der Waals surface area contributed by atoms with Gasteiger partial charge in [-0.3, -0.25) is 4.79 Å². The largest absolute Gasteiger partial charge is 0.464 e. The number of rotatable bonds is 5. The first kappa shape index (κ1) is 10.1. The molecule has 0 amide bonds. The van der Waals surface area contributed by atoms with Gasteiger partial charge in [0.05, 0.1) is 18.5 Å². The van der Waals surface area contributed by atoms with Crippen LogP contribution in [-0.2, 0) is 22.6 Å². The van der Waals surface area contributed by atoms with Gasteiger partial charge in [-0.05, 0) is 18.8 Å². The molecule has 0 bridgehead atoms. The zero-order chi connectivity index (χ0) is 10.7. The van der Waals surface area contributed by atoms with E-state index in [-0.39, 0.29) is 12.5 Å². The van der Waals surface area contributed by atoms with Crippen molar-refractivity contribution in [3.05, 3.63) is 11.9 Å². The Morgan fingerprint density at radius 3 is 3.07 bits per heavy atom. The second-order valence-electron chi connectivity index (χ2n) is 3.74. The third kappa shape index (κ3) is 3.02. The van der Waals surface area contributed by atoms with Crippen LogP contribution in [0.15, 0.2) is 6.20 Å². The van der Waals surface area contributed by atoms with Crippen molar-refractivity contribution in [2.24, 2.45) is 11.7 Å². The molecule has 6 heteroatoms. The van der Waals surface area contributed by atoms with Crippen LogP contribution < -0.4 is 5.73 Å². The fourth-order valence-corrected chi connectivity index (χ4v) is 1.18. The topological polar surface area (TPSA) is 83.0 Å². The maximum Gasteiger partial charge on any atom is 0.327 e. The van der Waals surface area contributed by atoms with Crippen LogP contribution in [0.25, 0.3) is 0 Å². The molecule has 0 unspecified atom stereocenters. The lowest BCUT2D eigenvalue weighted by molar-refractivity contribution is -0.145. The van der Waals surface area contributed by atoms with E-state index in [9.17, 15) is 4.79 Å². The zero-order valence-electron chi connectivity index (χ0n) is 8.43. The average Bonchev–Trinajstić information content (AvgIpc) is 2.96. The molecule has 2 rings (SSSR count). The fourth-order valence-electron chi connectivity index (χ4n) is 1.18. The number of hydrogen-bond donors (Lipinski definition) is 1. The van der Waals surface area contributed by atoms with Crippen LogP contribution in [-0.4, -0.2) is 27.6 Å². The Morgan fingerprint density at radius 1 is 1.67 bits per heavy atom. The highest BCUT2D eigenvalue weighted by Crippen LogP contribution is 2.28. The lowest BCUT2D eigenvalue weighted by Gasteiger charge is -2.02. The molecule has 1 fully saturated rings. The van der Waals surface area contributed by atoms with E-state index in [0.717, 1.165) is 0 Å². The number of nitrogens with zero attached hydrogens (tertiary/aromatic N) is 3. The molecular formula is C9H14N4O2. The molecule has 0 aliphatic heterocycles. The molecule has 0 aromatic carbocycles. The first-order valence-corrected chi connectivity index (χ1v) is 5.02. The number of carbonyl (C=O) groups excluding carboxylic acids is 1. The maximum absolute atomic E-state index is 11.3. The third-order valence-electron chi connectivity index (χ3n) is 2.26. The van der Waals surface area contributed by atoms with Crippen molar-refractivity contribution in [1.82, 2.24) is 15.0 Å². The van der Waals surface area contributed by atoms with Crippen LogP contribution in [0.2, 0.25) is 0 Å². The van der Waals surface area contributed by atoms with Crippen molar-refractivity contribution in [3.63, 3.8) is 0 Å².